The molecule has 1 unspecified atom stereocenters. The monoisotopic (exact) mass is 346 g/mol. The molecule has 0 aliphatic carbocycles. The third-order valence-electron chi connectivity index (χ3n) is 5.80. The highest BCUT2D eigenvalue weighted by molar-refractivity contribution is 5.96. The van der Waals surface area contributed by atoms with Crippen molar-refractivity contribution in [2.24, 2.45) is 0 Å². The molecule has 26 heavy (non-hydrogen) atoms. The summed E-state index contributed by atoms with van der Waals surface area (Å²) in [4.78, 5) is 15.1. The fraction of sp³-hybridized carbons (Fsp3) is 0.318. The third-order valence-corrected chi connectivity index (χ3v) is 5.80. The molecule has 1 saturated heterocycles. The number of hydrogen-bond donors (Lipinski definition) is 1. The van der Waals surface area contributed by atoms with Crippen LogP contribution in [0.3, 0.4) is 0 Å². The highest BCUT2D eigenvalue weighted by Crippen LogP contribution is 2.32. The van der Waals surface area contributed by atoms with E-state index in [2.05, 4.69) is 28.4 Å². The van der Waals surface area contributed by atoms with E-state index in [0.717, 1.165) is 66.8 Å². The van der Waals surface area contributed by atoms with Gasteiger partial charge in [0.1, 0.15) is 11.3 Å². The molecule has 2 aromatic carbocycles. The smallest absolute Gasteiger partial charge is 0.252 e. The number of nitrogens with zero attached hydrogens (tertiary/aromatic N) is 1. The summed E-state index contributed by atoms with van der Waals surface area (Å²) in [6.07, 6.45) is 2.94. The van der Waals surface area contributed by atoms with E-state index in [1.807, 2.05) is 36.4 Å². The average molecular weight is 346 g/mol. The van der Waals surface area contributed by atoms with E-state index in [1.165, 1.54) is 0 Å². The van der Waals surface area contributed by atoms with Crippen molar-refractivity contribution in [2.45, 2.75) is 31.3 Å². The Labute approximate surface area is 152 Å². The zero-order valence-corrected chi connectivity index (χ0v) is 14.7. The lowest BCUT2D eigenvalue weighted by atomic mass is 9.91. The number of rotatable bonds is 2. The lowest BCUT2D eigenvalue weighted by molar-refractivity contribution is 0.0901. The van der Waals surface area contributed by atoms with E-state index in [9.17, 15) is 4.79 Å². The van der Waals surface area contributed by atoms with Crippen molar-refractivity contribution in [3.8, 4) is 0 Å². The van der Waals surface area contributed by atoms with E-state index < -0.39 is 0 Å². The number of likely N-dealkylation sites (tertiary alicyclic amines) is 1. The fourth-order valence-corrected chi connectivity index (χ4v) is 4.44. The van der Waals surface area contributed by atoms with Gasteiger partial charge in [0.05, 0.1) is 12.1 Å². The van der Waals surface area contributed by atoms with E-state index in [0.29, 0.717) is 0 Å². The Bertz CT molecular complexity index is 944. The van der Waals surface area contributed by atoms with Crippen molar-refractivity contribution in [3.63, 3.8) is 0 Å². The summed E-state index contributed by atoms with van der Waals surface area (Å²) in [5.74, 6) is 1.06. The second-order valence-electron chi connectivity index (χ2n) is 7.60. The van der Waals surface area contributed by atoms with Crippen LogP contribution in [0.1, 0.15) is 34.5 Å². The Morgan fingerprint density at radius 3 is 2.85 bits per heavy atom. The van der Waals surface area contributed by atoms with Crippen LogP contribution in [0.15, 0.2) is 59.0 Å². The molecule has 2 aliphatic heterocycles. The summed E-state index contributed by atoms with van der Waals surface area (Å²) in [6.45, 7) is 2.65. The van der Waals surface area contributed by atoms with Gasteiger partial charge in [0.25, 0.3) is 5.91 Å². The van der Waals surface area contributed by atoms with Crippen molar-refractivity contribution < 1.29 is 9.21 Å². The maximum Gasteiger partial charge on any atom is 0.252 e. The maximum absolute atomic E-state index is 12.7. The van der Waals surface area contributed by atoms with Gasteiger partial charge in [-0.3, -0.25) is 9.69 Å². The highest BCUT2D eigenvalue weighted by atomic mass is 16.3. The van der Waals surface area contributed by atoms with Crippen LogP contribution in [-0.2, 0) is 13.0 Å². The van der Waals surface area contributed by atoms with E-state index in [1.54, 1.807) is 0 Å². The summed E-state index contributed by atoms with van der Waals surface area (Å²) in [5.41, 5.74) is 2.81. The molecule has 4 nitrogen and oxygen atoms in total. The average Bonchev–Trinajstić information content (AvgIpc) is 3.20. The van der Waals surface area contributed by atoms with Gasteiger partial charge < -0.3 is 9.73 Å². The molecule has 0 saturated carbocycles. The van der Waals surface area contributed by atoms with E-state index >= 15 is 0 Å². The molecule has 132 valence electrons. The first-order valence-electron chi connectivity index (χ1n) is 9.31. The molecule has 3 aromatic rings. The number of nitrogens with one attached hydrogen (secondary N) is 1. The van der Waals surface area contributed by atoms with Gasteiger partial charge in [0.2, 0.25) is 0 Å². The van der Waals surface area contributed by atoms with Crippen LogP contribution in [0.4, 0.5) is 0 Å². The normalized spacial score (nSPS) is 23.2. The van der Waals surface area contributed by atoms with Crippen molar-refractivity contribution in [2.75, 3.05) is 13.1 Å². The largest absolute Gasteiger partial charge is 0.460 e. The molecule has 1 amide bonds. The van der Waals surface area contributed by atoms with Gasteiger partial charge in [-0.05, 0) is 43.0 Å². The van der Waals surface area contributed by atoms with Crippen LogP contribution in [0.2, 0.25) is 0 Å². The molecule has 3 heterocycles. The molecule has 1 fully saturated rings. The summed E-state index contributed by atoms with van der Waals surface area (Å²) in [5, 5.41) is 4.49. The Morgan fingerprint density at radius 2 is 1.92 bits per heavy atom. The first-order valence-corrected chi connectivity index (χ1v) is 9.31. The number of para-hydroxylation sites is 1. The zero-order valence-electron chi connectivity index (χ0n) is 14.7. The molecular weight excluding hydrogens is 324 g/mol. The van der Waals surface area contributed by atoms with Crippen molar-refractivity contribution >= 4 is 16.9 Å². The van der Waals surface area contributed by atoms with Gasteiger partial charge in [-0.2, -0.15) is 0 Å². The van der Waals surface area contributed by atoms with E-state index in [-0.39, 0.29) is 11.4 Å². The maximum atomic E-state index is 12.7. The van der Waals surface area contributed by atoms with Gasteiger partial charge in [0, 0.05) is 24.0 Å². The number of hydrogen-bond acceptors (Lipinski definition) is 3. The highest BCUT2D eigenvalue weighted by Gasteiger charge is 2.41. The Hall–Kier alpha value is -2.59. The lowest BCUT2D eigenvalue weighted by Gasteiger charge is -2.29. The van der Waals surface area contributed by atoms with Crippen LogP contribution in [0, 0.1) is 0 Å². The van der Waals surface area contributed by atoms with Crippen LogP contribution in [0.5, 0.6) is 0 Å². The molecule has 1 N–H and O–H groups in total. The minimum absolute atomic E-state index is 0.0729. The summed E-state index contributed by atoms with van der Waals surface area (Å²) < 4.78 is 5.97. The topological polar surface area (TPSA) is 45.5 Å². The van der Waals surface area contributed by atoms with Gasteiger partial charge in [0.15, 0.2) is 0 Å². The number of aryl methyl sites for hydroxylation is 1. The summed E-state index contributed by atoms with van der Waals surface area (Å²) in [6, 6.07) is 18.2. The summed E-state index contributed by atoms with van der Waals surface area (Å²) >= 11 is 0. The molecule has 2 aliphatic rings. The predicted molar refractivity (Wildman–Crippen MR) is 101 cm³/mol. The number of furan rings is 1. The number of amides is 1. The van der Waals surface area contributed by atoms with E-state index in [4.69, 9.17) is 4.42 Å². The zero-order chi connectivity index (χ0) is 17.6. The number of carbonyl (C=O) groups excluding carboxylic acids is 1. The number of fused-ring (bicyclic) bond motifs is 2. The minimum atomic E-state index is -0.123. The minimum Gasteiger partial charge on any atom is -0.460 e. The van der Waals surface area contributed by atoms with Gasteiger partial charge in [-0.15, -0.1) is 0 Å². The second-order valence-corrected chi connectivity index (χ2v) is 7.60. The van der Waals surface area contributed by atoms with Crippen molar-refractivity contribution in [1.82, 2.24) is 10.2 Å². The van der Waals surface area contributed by atoms with Crippen LogP contribution < -0.4 is 5.32 Å². The fourth-order valence-electron chi connectivity index (χ4n) is 4.44. The van der Waals surface area contributed by atoms with Crippen molar-refractivity contribution in [3.05, 3.63) is 71.5 Å². The molecule has 0 radical (unpaired) electrons. The molecule has 5 rings (SSSR count). The van der Waals surface area contributed by atoms with Gasteiger partial charge >= 0.3 is 0 Å². The number of benzene rings is 2. The predicted octanol–water partition coefficient (Wildman–Crippen LogP) is 3.75. The lowest BCUT2D eigenvalue weighted by Crippen LogP contribution is -2.49. The Balaban J connectivity index is 1.33. The van der Waals surface area contributed by atoms with Gasteiger partial charge in [-0.1, -0.05) is 36.4 Å². The Morgan fingerprint density at radius 1 is 1.08 bits per heavy atom. The number of carbonyl (C=O) groups is 1. The van der Waals surface area contributed by atoms with Crippen LogP contribution in [-0.4, -0.2) is 29.4 Å². The second kappa shape index (κ2) is 5.99. The standard InChI is InChI=1S/C22H22N2O2/c25-21-19-7-3-1-5-16(19)9-10-22(23-21)11-12-24(15-22)14-18-13-17-6-2-4-8-20(17)26-18/h1-8,13H,9-12,14-15H2,(H,23,25). The van der Waals surface area contributed by atoms with Gasteiger partial charge in [-0.25, -0.2) is 0 Å². The quantitative estimate of drug-likeness (QED) is 0.769. The summed E-state index contributed by atoms with van der Waals surface area (Å²) in [7, 11) is 0. The molecule has 1 spiro atoms. The molecular formula is C22H22N2O2. The molecule has 1 atom stereocenters. The van der Waals surface area contributed by atoms with Crippen LogP contribution >= 0.6 is 0 Å². The SMILES string of the molecule is O=C1NC2(CCc3ccccc31)CCN(Cc1cc3ccccc3o1)C2. The third kappa shape index (κ3) is 2.71. The molecule has 1 aromatic heterocycles. The van der Waals surface area contributed by atoms with Crippen molar-refractivity contribution in [1.29, 1.82) is 0 Å². The first-order chi connectivity index (χ1) is 12.7. The Kier molecular flexibility index (Phi) is 3.61. The van der Waals surface area contributed by atoms with Crippen LogP contribution in [0.25, 0.3) is 11.0 Å². The molecule has 0 bridgehead atoms. The first kappa shape index (κ1) is 15.6. The molecule has 4 heteroatoms.